The Balaban J connectivity index is 1.85. The van der Waals surface area contributed by atoms with Gasteiger partial charge < -0.3 is 9.47 Å². The Morgan fingerprint density at radius 3 is 2.46 bits per heavy atom. The summed E-state index contributed by atoms with van der Waals surface area (Å²) in [5.41, 5.74) is 2.16. The van der Waals surface area contributed by atoms with Gasteiger partial charge in [-0.05, 0) is 69.1 Å². The van der Waals surface area contributed by atoms with E-state index in [-0.39, 0.29) is 17.9 Å². The minimum atomic E-state index is -0.558. The number of amides is 1. The van der Waals surface area contributed by atoms with Crippen molar-refractivity contribution >= 4 is 5.91 Å². The van der Waals surface area contributed by atoms with Crippen LogP contribution in [-0.2, 0) is 10.2 Å². The van der Waals surface area contributed by atoms with E-state index < -0.39 is 5.41 Å². The molecule has 2 unspecified atom stereocenters. The Hall–Kier alpha value is -2.26. The lowest BCUT2D eigenvalue weighted by molar-refractivity contribution is -0.133. The average molecular weight is 358 g/mol. The van der Waals surface area contributed by atoms with Crippen molar-refractivity contribution in [2.45, 2.75) is 51.0 Å². The third-order valence-electron chi connectivity index (χ3n) is 5.84. The Bertz CT molecular complexity index is 711. The molecule has 0 heterocycles. The summed E-state index contributed by atoms with van der Waals surface area (Å²) in [5, 5.41) is 18.9. The van der Waals surface area contributed by atoms with E-state index in [0.717, 1.165) is 31.2 Å². The van der Waals surface area contributed by atoms with Gasteiger partial charge >= 0.3 is 0 Å². The molecule has 0 saturated heterocycles. The normalized spacial score (nSPS) is 29.9. The smallest absolute Gasteiger partial charge is 0.246 e. The zero-order valence-corrected chi connectivity index (χ0v) is 15.5. The topological polar surface area (TPSA) is 91.6 Å². The van der Waals surface area contributed by atoms with Crippen LogP contribution in [-0.4, -0.2) is 24.3 Å². The van der Waals surface area contributed by atoms with Crippen LogP contribution >= 0.6 is 0 Å². The fourth-order valence-electron chi connectivity index (χ4n) is 4.71. The van der Waals surface area contributed by atoms with Crippen LogP contribution in [0.3, 0.4) is 0 Å². The third kappa shape index (κ3) is 3.24. The van der Waals surface area contributed by atoms with Crippen molar-refractivity contribution in [3.63, 3.8) is 0 Å². The van der Waals surface area contributed by atoms with E-state index >= 15 is 0 Å². The Morgan fingerprint density at radius 1 is 1.31 bits per heavy atom. The number of ether oxygens (including phenoxy) is 2. The fourth-order valence-corrected chi connectivity index (χ4v) is 4.71. The highest BCUT2D eigenvalue weighted by Crippen LogP contribution is 2.56. The van der Waals surface area contributed by atoms with Gasteiger partial charge in [0.25, 0.3) is 0 Å². The predicted molar refractivity (Wildman–Crippen MR) is 94.9 cm³/mol. The van der Waals surface area contributed by atoms with Crippen LogP contribution < -0.4 is 15.0 Å². The van der Waals surface area contributed by atoms with Gasteiger partial charge in [-0.3, -0.25) is 10.0 Å². The molecule has 4 atom stereocenters. The molecule has 6 heteroatoms. The number of methoxy groups -OCH3 is 1. The van der Waals surface area contributed by atoms with E-state index in [0.29, 0.717) is 23.3 Å². The van der Waals surface area contributed by atoms with E-state index in [1.807, 2.05) is 32.0 Å². The van der Waals surface area contributed by atoms with Crippen molar-refractivity contribution < 1.29 is 19.5 Å². The lowest BCUT2D eigenvalue weighted by Crippen LogP contribution is -2.28. The molecule has 0 bridgehead atoms. The number of hydrogen-bond acceptors (Lipinski definition) is 5. The van der Waals surface area contributed by atoms with Crippen LogP contribution in [0.25, 0.3) is 0 Å². The summed E-state index contributed by atoms with van der Waals surface area (Å²) in [6.07, 6.45) is 2.93. The van der Waals surface area contributed by atoms with Crippen LogP contribution in [0.1, 0.15) is 45.1 Å². The number of nitrogens with one attached hydrogen (secondary N) is 1. The number of benzene rings is 1. The van der Waals surface area contributed by atoms with E-state index in [9.17, 15) is 10.1 Å². The van der Waals surface area contributed by atoms with Gasteiger partial charge in [0, 0.05) is 5.92 Å². The lowest BCUT2D eigenvalue weighted by atomic mass is 9.77. The second kappa shape index (κ2) is 7.16. The number of hydrogen-bond donors (Lipinski definition) is 2. The Morgan fingerprint density at radius 2 is 1.96 bits per heavy atom. The molecule has 0 radical (unpaired) electrons. The number of nitrogens with zero attached hydrogens (tertiary/aromatic N) is 1. The highest BCUT2D eigenvalue weighted by molar-refractivity contribution is 5.77. The van der Waals surface area contributed by atoms with Gasteiger partial charge in [-0.15, -0.1) is 0 Å². The molecule has 3 rings (SSSR count). The van der Waals surface area contributed by atoms with Crippen molar-refractivity contribution in [3.8, 4) is 17.6 Å². The predicted octanol–water partition coefficient (Wildman–Crippen LogP) is 3.19. The molecule has 140 valence electrons. The minimum absolute atomic E-state index is 0.0119. The molecule has 26 heavy (non-hydrogen) atoms. The van der Waals surface area contributed by atoms with E-state index in [1.54, 1.807) is 12.6 Å². The largest absolute Gasteiger partial charge is 0.493 e. The second-order valence-electron chi connectivity index (χ2n) is 7.80. The van der Waals surface area contributed by atoms with Gasteiger partial charge in [0.2, 0.25) is 5.91 Å². The molecule has 1 aromatic carbocycles. The number of rotatable bonds is 5. The van der Waals surface area contributed by atoms with Gasteiger partial charge in [-0.2, -0.15) is 5.26 Å². The molecule has 1 aromatic rings. The zero-order valence-electron chi connectivity index (χ0n) is 15.5. The van der Waals surface area contributed by atoms with Crippen molar-refractivity contribution in [3.05, 3.63) is 23.8 Å². The van der Waals surface area contributed by atoms with Crippen molar-refractivity contribution in [2.24, 2.45) is 17.8 Å². The fraction of sp³-hybridized carbons (Fsp3) is 0.600. The molecule has 0 spiro atoms. The van der Waals surface area contributed by atoms with Gasteiger partial charge in [0.1, 0.15) is 0 Å². The molecule has 2 fully saturated rings. The number of carbonyl (C=O) groups is 1. The highest BCUT2D eigenvalue weighted by Gasteiger charge is 2.52. The summed E-state index contributed by atoms with van der Waals surface area (Å²) in [7, 11) is 1.61. The first kappa shape index (κ1) is 18.5. The zero-order chi connectivity index (χ0) is 18.9. The van der Waals surface area contributed by atoms with Gasteiger partial charge in [-0.25, -0.2) is 5.48 Å². The van der Waals surface area contributed by atoms with Crippen molar-refractivity contribution in [1.29, 1.82) is 5.26 Å². The van der Waals surface area contributed by atoms with Gasteiger partial charge in [-0.1, -0.05) is 6.07 Å². The van der Waals surface area contributed by atoms with Crippen LogP contribution in [0.5, 0.6) is 11.5 Å². The van der Waals surface area contributed by atoms with E-state index in [2.05, 4.69) is 6.07 Å². The number of hydroxylamine groups is 1. The molecular formula is C20H26N2O4. The van der Waals surface area contributed by atoms with Crippen LogP contribution in [0.2, 0.25) is 0 Å². The molecule has 2 N–H and O–H groups in total. The summed E-state index contributed by atoms with van der Waals surface area (Å²) in [6, 6.07) is 8.30. The van der Waals surface area contributed by atoms with Crippen molar-refractivity contribution in [1.82, 2.24) is 5.48 Å². The molecule has 0 aliphatic heterocycles. The first-order chi connectivity index (χ1) is 12.4. The van der Waals surface area contributed by atoms with Crippen LogP contribution in [0, 0.1) is 29.1 Å². The molecule has 2 aliphatic carbocycles. The Labute approximate surface area is 154 Å². The second-order valence-corrected chi connectivity index (χ2v) is 7.80. The van der Waals surface area contributed by atoms with Crippen LogP contribution in [0.15, 0.2) is 18.2 Å². The SMILES string of the molecule is COc1ccc(C2(C#N)C[C@H]3CC(C(=O)NO)C[C@H]3C2)cc1OC(C)C. The maximum atomic E-state index is 11.7. The summed E-state index contributed by atoms with van der Waals surface area (Å²) in [5.74, 6) is 1.51. The molecule has 6 nitrogen and oxygen atoms in total. The number of carbonyl (C=O) groups excluding carboxylic acids is 1. The van der Waals surface area contributed by atoms with Crippen LogP contribution in [0.4, 0.5) is 0 Å². The van der Waals surface area contributed by atoms with Gasteiger partial charge in [0.05, 0.1) is 24.7 Å². The molecule has 1 amide bonds. The first-order valence-electron chi connectivity index (χ1n) is 9.12. The molecule has 2 aliphatic rings. The average Bonchev–Trinajstić information content (AvgIpc) is 3.17. The van der Waals surface area contributed by atoms with Crippen molar-refractivity contribution in [2.75, 3.05) is 7.11 Å². The highest BCUT2D eigenvalue weighted by atomic mass is 16.5. The molecule has 0 aromatic heterocycles. The number of nitriles is 1. The van der Waals surface area contributed by atoms with Gasteiger partial charge in [0.15, 0.2) is 11.5 Å². The summed E-state index contributed by atoms with van der Waals surface area (Å²) in [4.78, 5) is 11.7. The lowest BCUT2D eigenvalue weighted by Gasteiger charge is -2.25. The number of fused-ring (bicyclic) bond motifs is 1. The third-order valence-corrected chi connectivity index (χ3v) is 5.84. The Kier molecular flexibility index (Phi) is 5.10. The summed E-state index contributed by atoms with van der Waals surface area (Å²) >= 11 is 0. The molecule has 2 saturated carbocycles. The maximum Gasteiger partial charge on any atom is 0.246 e. The van der Waals surface area contributed by atoms with E-state index in [4.69, 9.17) is 14.7 Å². The van der Waals surface area contributed by atoms with E-state index in [1.165, 1.54) is 0 Å². The maximum absolute atomic E-state index is 11.7. The summed E-state index contributed by atoms with van der Waals surface area (Å²) in [6.45, 7) is 3.91. The monoisotopic (exact) mass is 358 g/mol. The minimum Gasteiger partial charge on any atom is -0.493 e. The molecular weight excluding hydrogens is 332 g/mol. The standard InChI is InChI=1S/C20H26N2O4/c1-12(2)26-18-8-16(4-5-17(18)25-3)20(11-21)9-14-6-13(19(23)22-24)7-15(14)10-20/h4-5,8,12-15,24H,6-7,9-10H2,1-3H3,(H,22,23)/t13?,14-,15+,20?. The first-order valence-corrected chi connectivity index (χ1v) is 9.12. The quantitative estimate of drug-likeness (QED) is 0.623. The summed E-state index contributed by atoms with van der Waals surface area (Å²) < 4.78 is 11.2.